The highest BCUT2D eigenvalue weighted by Crippen LogP contribution is 2.58. The van der Waals surface area contributed by atoms with E-state index in [0.29, 0.717) is 11.8 Å². The van der Waals surface area contributed by atoms with Crippen LogP contribution in [0.2, 0.25) is 0 Å². The second-order valence-electron chi connectivity index (χ2n) is 6.76. The SMILES string of the molecule is CCN(CC)CC1(O)C2CC3CC(C2)CC1C3. The van der Waals surface area contributed by atoms with Crippen LogP contribution in [0, 0.1) is 23.7 Å². The topological polar surface area (TPSA) is 23.5 Å². The summed E-state index contributed by atoms with van der Waals surface area (Å²) in [6, 6.07) is 0. The first-order valence-electron chi connectivity index (χ1n) is 7.60. The fourth-order valence-corrected chi connectivity index (χ4v) is 5.06. The molecule has 0 saturated heterocycles. The summed E-state index contributed by atoms with van der Waals surface area (Å²) < 4.78 is 0. The largest absolute Gasteiger partial charge is 0.388 e. The summed E-state index contributed by atoms with van der Waals surface area (Å²) in [7, 11) is 0. The molecule has 2 heteroatoms. The zero-order chi connectivity index (χ0) is 12.0. The van der Waals surface area contributed by atoms with Gasteiger partial charge in [0, 0.05) is 6.54 Å². The first-order valence-corrected chi connectivity index (χ1v) is 7.60. The summed E-state index contributed by atoms with van der Waals surface area (Å²) in [5, 5.41) is 11.2. The lowest BCUT2D eigenvalue weighted by Gasteiger charge is -2.59. The van der Waals surface area contributed by atoms with Gasteiger partial charge in [-0.05, 0) is 68.9 Å². The average molecular weight is 237 g/mol. The van der Waals surface area contributed by atoms with E-state index in [0.717, 1.165) is 31.5 Å². The highest BCUT2D eigenvalue weighted by Gasteiger charge is 2.56. The average Bonchev–Trinajstić information content (AvgIpc) is 2.32. The lowest BCUT2D eigenvalue weighted by molar-refractivity contribution is -0.181. The Morgan fingerprint density at radius 1 is 0.941 bits per heavy atom. The van der Waals surface area contributed by atoms with Gasteiger partial charge in [0.25, 0.3) is 0 Å². The Morgan fingerprint density at radius 3 is 1.82 bits per heavy atom. The van der Waals surface area contributed by atoms with Crippen molar-refractivity contribution < 1.29 is 5.11 Å². The molecule has 0 aromatic carbocycles. The van der Waals surface area contributed by atoms with Crippen LogP contribution < -0.4 is 0 Å². The number of hydrogen-bond acceptors (Lipinski definition) is 2. The molecule has 0 spiro atoms. The summed E-state index contributed by atoms with van der Waals surface area (Å²) in [5.41, 5.74) is -0.348. The van der Waals surface area contributed by atoms with Gasteiger partial charge in [-0.1, -0.05) is 13.8 Å². The van der Waals surface area contributed by atoms with E-state index in [1.165, 1.54) is 32.1 Å². The fraction of sp³-hybridized carbons (Fsp3) is 1.00. The van der Waals surface area contributed by atoms with Gasteiger partial charge in [0.05, 0.1) is 5.60 Å². The molecule has 4 rings (SSSR count). The molecule has 4 bridgehead atoms. The molecule has 4 aliphatic rings. The smallest absolute Gasteiger partial charge is 0.0830 e. The van der Waals surface area contributed by atoms with Crippen LogP contribution in [-0.2, 0) is 0 Å². The highest BCUT2D eigenvalue weighted by molar-refractivity contribution is 5.07. The molecule has 98 valence electrons. The normalized spacial score (nSPS) is 48.0. The van der Waals surface area contributed by atoms with Crippen LogP contribution in [0.4, 0.5) is 0 Å². The number of hydrogen-bond donors (Lipinski definition) is 1. The van der Waals surface area contributed by atoms with Gasteiger partial charge in [-0.3, -0.25) is 0 Å². The number of nitrogens with zero attached hydrogens (tertiary/aromatic N) is 1. The fourth-order valence-electron chi connectivity index (χ4n) is 5.06. The zero-order valence-corrected chi connectivity index (χ0v) is 11.4. The maximum absolute atomic E-state index is 11.2. The molecule has 0 aromatic rings. The molecule has 1 N–H and O–H groups in total. The summed E-state index contributed by atoms with van der Waals surface area (Å²) in [6.07, 6.45) is 6.71. The third kappa shape index (κ3) is 1.84. The predicted molar refractivity (Wildman–Crippen MR) is 69.8 cm³/mol. The zero-order valence-electron chi connectivity index (χ0n) is 11.4. The minimum Gasteiger partial charge on any atom is -0.388 e. The second kappa shape index (κ2) is 4.24. The van der Waals surface area contributed by atoms with Crippen molar-refractivity contribution >= 4 is 0 Å². The van der Waals surface area contributed by atoms with E-state index in [1.807, 2.05) is 0 Å². The molecule has 17 heavy (non-hydrogen) atoms. The van der Waals surface area contributed by atoms with Crippen molar-refractivity contribution in [3.05, 3.63) is 0 Å². The first-order chi connectivity index (χ1) is 8.15. The van der Waals surface area contributed by atoms with Crippen molar-refractivity contribution in [1.29, 1.82) is 0 Å². The molecule has 0 aromatic heterocycles. The molecule has 0 amide bonds. The molecule has 0 unspecified atom stereocenters. The summed E-state index contributed by atoms with van der Waals surface area (Å²) in [5.74, 6) is 3.13. The van der Waals surface area contributed by atoms with Gasteiger partial charge in [-0.15, -0.1) is 0 Å². The monoisotopic (exact) mass is 237 g/mol. The lowest BCUT2D eigenvalue weighted by Crippen LogP contribution is -2.62. The van der Waals surface area contributed by atoms with Crippen molar-refractivity contribution in [2.24, 2.45) is 23.7 Å². The van der Waals surface area contributed by atoms with Gasteiger partial charge >= 0.3 is 0 Å². The van der Waals surface area contributed by atoms with Crippen LogP contribution in [0.1, 0.15) is 46.0 Å². The van der Waals surface area contributed by atoms with Crippen molar-refractivity contribution in [3.8, 4) is 0 Å². The standard InChI is InChI=1S/C15H27NO/c1-3-16(4-2)10-15(17)13-6-11-5-12(8-13)9-14(15)7-11/h11-14,17H,3-10H2,1-2H3. The molecule has 4 fully saturated rings. The molecule has 0 atom stereocenters. The van der Waals surface area contributed by atoms with E-state index in [2.05, 4.69) is 18.7 Å². The Kier molecular flexibility index (Phi) is 2.99. The highest BCUT2D eigenvalue weighted by atomic mass is 16.3. The van der Waals surface area contributed by atoms with Gasteiger partial charge in [0.2, 0.25) is 0 Å². The van der Waals surface area contributed by atoms with E-state index in [1.54, 1.807) is 0 Å². The summed E-state index contributed by atoms with van der Waals surface area (Å²) in [6.45, 7) is 7.50. The Bertz CT molecular complexity index is 257. The van der Waals surface area contributed by atoms with E-state index in [9.17, 15) is 5.11 Å². The number of rotatable bonds is 4. The predicted octanol–water partition coefficient (Wildman–Crippen LogP) is 2.52. The molecule has 0 radical (unpaired) electrons. The van der Waals surface area contributed by atoms with E-state index in [-0.39, 0.29) is 5.60 Å². The van der Waals surface area contributed by atoms with Crippen LogP contribution in [0.5, 0.6) is 0 Å². The van der Waals surface area contributed by atoms with E-state index >= 15 is 0 Å². The van der Waals surface area contributed by atoms with Crippen molar-refractivity contribution in [1.82, 2.24) is 4.90 Å². The Hall–Kier alpha value is -0.0800. The van der Waals surface area contributed by atoms with Crippen LogP contribution in [0.25, 0.3) is 0 Å². The summed E-state index contributed by atoms with van der Waals surface area (Å²) >= 11 is 0. The molecular weight excluding hydrogens is 210 g/mol. The van der Waals surface area contributed by atoms with Crippen molar-refractivity contribution in [3.63, 3.8) is 0 Å². The van der Waals surface area contributed by atoms with Crippen molar-refractivity contribution in [2.45, 2.75) is 51.6 Å². The van der Waals surface area contributed by atoms with Crippen LogP contribution in [0.3, 0.4) is 0 Å². The molecule has 2 nitrogen and oxygen atoms in total. The van der Waals surface area contributed by atoms with Gasteiger partial charge in [0.1, 0.15) is 0 Å². The number of aliphatic hydroxyl groups is 1. The minimum absolute atomic E-state index is 0.348. The molecule has 4 aliphatic carbocycles. The Morgan fingerprint density at radius 2 is 1.41 bits per heavy atom. The Labute approximate surface area is 105 Å². The lowest BCUT2D eigenvalue weighted by atomic mass is 9.50. The van der Waals surface area contributed by atoms with Crippen LogP contribution in [-0.4, -0.2) is 35.2 Å². The quantitative estimate of drug-likeness (QED) is 0.812. The van der Waals surface area contributed by atoms with Crippen LogP contribution >= 0.6 is 0 Å². The van der Waals surface area contributed by atoms with Gasteiger partial charge in [-0.2, -0.15) is 0 Å². The maximum atomic E-state index is 11.2. The first kappa shape index (κ1) is 12.0. The van der Waals surface area contributed by atoms with Crippen molar-refractivity contribution in [2.75, 3.05) is 19.6 Å². The minimum atomic E-state index is -0.348. The van der Waals surface area contributed by atoms with Crippen LogP contribution in [0.15, 0.2) is 0 Å². The summed E-state index contributed by atoms with van der Waals surface area (Å²) in [4.78, 5) is 2.42. The van der Waals surface area contributed by atoms with Gasteiger partial charge in [-0.25, -0.2) is 0 Å². The molecule has 0 heterocycles. The third-order valence-corrected chi connectivity index (χ3v) is 5.92. The second-order valence-corrected chi connectivity index (χ2v) is 6.76. The molecular formula is C15H27NO. The number of likely N-dealkylation sites (N-methyl/N-ethyl adjacent to an activating group) is 1. The third-order valence-electron chi connectivity index (χ3n) is 5.92. The van der Waals surface area contributed by atoms with E-state index in [4.69, 9.17) is 0 Å². The van der Waals surface area contributed by atoms with Gasteiger partial charge < -0.3 is 10.0 Å². The molecule has 0 aliphatic heterocycles. The molecule has 4 saturated carbocycles. The maximum Gasteiger partial charge on any atom is 0.0830 e. The van der Waals surface area contributed by atoms with Gasteiger partial charge in [0.15, 0.2) is 0 Å². The van der Waals surface area contributed by atoms with E-state index < -0.39 is 0 Å². The Balaban J connectivity index is 1.77.